The van der Waals surface area contributed by atoms with E-state index in [9.17, 15) is 9.50 Å². The third-order valence-electron chi connectivity index (χ3n) is 4.74. The van der Waals surface area contributed by atoms with Gasteiger partial charge in [0.05, 0.1) is 11.8 Å². The number of nitrogens with zero attached hydrogens (tertiary/aromatic N) is 1. The number of allylic oxidation sites excluding steroid dienone is 2. The summed E-state index contributed by atoms with van der Waals surface area (Å²) in [7, 11) is 0. The SMILES string of the molecule is C=CCc1ccc(-c2cc3ccc(C=CCCCC(C)O)cc3cn2)c(F)c1. The standard InChI is InChI=1S/C25H26FNO/c1-3-7-19-11-13-23(24(26)15-19)25-16-21-12-10-20(14-22(21)17-27-25)9-6-4-5-8-18(2)28/h3,6,9-18,28H,1,4-5,7-8H2,2H3. The van der Waals surface area contributed by atoms with Gasteiger partial charge in [-0.1, -0.05) is 36.4 Å². The zero-order valence-corrected chi connectivity index (χ0v) is 16.2. The summed E-state index contributed by atoms with van der Waals surface area (Å²) < 4.78 is 14.5. The molecular formula is C25H26FNO. The second-order valence-electron chi connectivity index (χ2n) is 7.17. The van der Waals surface area contributed by atoms with Crippen LogP contribution in [0.4, 0.5) is 4.39 Å². The molecule has 28 heavy (non-hydrogen) atoms. The molecule has 3 rings (SSSR count). The number of aromatic nitrogens is 1. The van der Waals surface area contributed by atoms with E-state index >= 15 is 0 Å². The molecule has 0 fully saturated rings. The van der Waals surface area contributed by atoms with Crippen LogP contribution in [0.1, 0.15) is 37.3 Å². The summed E-state index contributed by atoms with van der Waals surface area (Å²) in [4.78, 5) is 4.47. The lowest BCUT2D eigenvalue weighted by Gasteiger charge is -2.07. The summed E-state index contributed by atoms with van der Waals surface area (Å²) in [5.41, 5.74) is 3.16. The number of fused-ring (bicyclic) bond motifs is 1. The van der Waals surface area contributed by atoms with E-state index in [1.807, 2.05) is 25.1 Å². The van der Waals surface area contributed by atoms with Crippen molar-refractivity contribution >= 4 is 16.8 Å². The molecule has 2 nitrogen and oxygen atoms in total. The number of halogens is 1. The van der Waals surface area contributed by atoms with E-state index in [0.29, 0.717) is 17.7 Å². The molecule has 0 radical (unpaired) electrons. The molecule has 0 aliphatic rings. The van der Waals surface area contributed by atoms with E-state index in [-0.39, 0.29) is 11.9 Å². The Kier molecular flexibility index (Phi) is 6.72. The average Bonchev–Trinajstić information content (AvgIpc) is 2.67. The van der Waals surface area contributed by atoms with Crippen molar-refractivity contribution in [3.05, 3.63) is 84.3 Å². The molecule has 1 atom stereocenters. The highest BCUT2D eigenvalue weighted by atomic mass is 19.1. The first-order valence-corrected chi connectivity index (χ1v) is 9.71. The van der Waals surface area contributed by atoms with Crippen molar-refractivity contribution in [2.24, 2.45) is 0 Å². The number of benzene rings is 2. The van der Waals surface area contributed by atoms with Crippen LogP contribution in [0.3, 0.4) is 0 Å². The van der Waals surface area contributed by atoms with Crippen LogP contribution in [0.15, 0.2) is 67.4 Å². The van der Waals surface area contributed by atoms with Crippen molar-refractivity contribution in [3.8, 4) is 11.3 Å². The third-order valence-corrected chi connectivity index (χ3v) is 4.74. The Bertz CT molecular complexity index is 991. The molecule has 1 unspecified atom stereocenters. The molecule has 0 spiro atoms. The van der Waals surface area contributed by atoms with Gasteiger partial charge in [-0.2, -0.15) is 0 Å². The Morgan fingerprint density at radius 2 is 2.00 bits per heavy atom. The van der Waals surface area contributed by atoms with Crippen molar-refractivity contribution in [2.75, 3.05) is 0 Å². The molecule has 144 valence electrons. The van der Waals surface area contributed by atoms with Crippen LogP contribution in [0.5, 0.6) is 0 Å². The molecule has 3 aromatic rings. The first-order valence-electron chi connectivity index (χ1n) is 9.71. The fourth-order valence-corrected chi connectivity index (χ4v) is 3.22. The predicted octanol–water partition coefficient (Wildman–Crippen LogP) is 6.33. The van der Waals surface area contributed by atoms with Gasteiger partial charge in [0, 0.05) is 17.1 Å². The van der Waals surface area contributed by atoms with Gasteiger partial charge in [-0.25, -0.2) is 4.39 Å². The van der Waals surface area contributed by atoms with Gasteiger partial charge in [-0.3, -0.25) is 4.98 Å². The summed E-state index contributed by atoms with van der Waals surface area (Å²) in [6, 6.07) is 13.4. The maximum Gasteiger partial charge on any atom is 0.132 e. The minimum absolute atomic E-state index is 0.239. The fraction of sp³-hybridized carbons (Fsp3) is 0.240. The van der Waals surface area contributed by atoms with Crippen LogP contribution in [-0.4, -0.2) is 16.2 Å². The molecule has 1 heterocycles. The highest BCUT2D eigenvalue weighted by molar-refractivity contribution is 5.87. The molecule has 3 heteroatoms. The number of hydrogen-bond acceptors (Lipinski definition) is 2. The molecular weight excluding hydrogens is 349 g/mol. The first kappa shape index (κ1) is 20.0. The Labute approximate surface area is 166 Å². The second-order valence-corrected chi connectivity index (χ2v) is 7.17. The lowest BCUT2D eigenvalue weighted by Crippen LogP contribution is -1.97. The summed E-state index contributed by atoms with van der Waals surface area (Å²) in [6.45, 7) is 5.51. The number of hydrogen-bond donors (Lipinski definition) is 1. The van der Waals surface area contributed by atoms with Crippen LogP contribution < -0.4 is 0 Å². The van der Waals surface area contributed by atoms with Crippen molar-refractivity contribution in [3.63, 3.8) is 0 Å². The van der Waals surface area contributed by atoms with Crippen LogP contribution >= 0.6 is 0 Å². The average molecular weight is 375 g/mol. The molecule has 1 aromatic heterocycles. The Morgan fingerprint density at radius 3 is 2.75 bits per heavy atom. The van der Waals surface area contributed by atoms with Crippen LogP contribution in [0.25, 0.3) is 28.1 Å². The van der Waals surface area contributed by atoms with Gasteiger partial charge in [0.15, 0.2) is 0 Å². The lowest BCUT2D eigenvalue weighted by atomic mass is 10.0. The molecule has 0 saturated heterocycles. The minimum Gasteiger partial charge on any atom is -0.393 e. The molecule has 0 amide bonds. The maximum absolute atomic E-state index is 14.5. The smallest absolute Gasteiger partial charge is 0.132 e. The van der Waals surface area contributed by atoms with Gasteiger partial charge in [0.25, 0.3) is 0 Å². The zero-order chi connectivity index (χ0) is 19.9. The van der Waals surface area contributed by atoms with Gasteiger partial charge in [-0.15, -0.1) is 6.58 Å². The normalized spacial score (nSPS) is 12.5. The molecule has 0 bridgehead atoms. The summed E-state index contributed by atoms with van der Waals surface area (Å²) in [5, 5.41) is 11.3. The van der Waals surface area contributed by atoms with Gasteiger partial charge >= 0.3 is 0 Å². The van der Waals surface area contributed by atoms with E-state index in [4.69, 9.17) is 0 Å². The Balaban J connectivity index is 1.78. The summed E-state index contributed by atoms with van der Waals surface area (Å²) in [5.74, 6) is -0.261. The summed E-state index contributed by atoms with van der Waals surface area (Å²) in [6.07, 6.45) is 10.9. The monoisotopic (exact) mass is 375 g/mol. The highest BCUT2D eigenvalue weighted by Crippen LogP contribution is 2.26. The summed E-state index contributed by atoms with van der Waals surface area (Å²) >= 11 is 0. The van der Waals surface area contributed by atoms with Crippen molar-refractivity contribution in [1.82, 2.24) is 4.98 Å². The van der Waals surface area contributed by atoms with Crippen LogP contribution in [0, 0.1) is 5.82 Å². The highest BCUT2D eigenvalue weighted by Gasteiger charge is 2.08. The number of aliphatic hydroxyl groups excluding tert-OH is 1. The number of pyridine rings is 1. The minimum atomic E-state index is -0.261. The van der Waals surface area contributed by atoms with Gasteiger partial charge in [0.2, 0.25) is 0 Å². The zero-order valence-electron chi connectivity index (χ0n) is 16.2. The number of rotatable bonds is 8. The topological polar surface area (TPSA) is 33.1 Å². The molecule has 1 N–H and O–H groups in total. The van der Waals surface area contributed by atoms with Crippen LogP contribution in [-0.2, 0) is 6.42 Å². The largest absolute Gasteiger partial charge is 0.393 e. The van der Waals surface area contributed by atoms with E-state index < -0.39 is 0 Å². The number of aliphatic hydroxyl groups is 1. The van der Waals surface area contributed by atoms with Crippen molar-refractivity contribution in [2.45, 2.75) is 38.7 Å². The van der Waals surface area contributed by atoms with Crippen molar-refractivity contribution in [1.29, 1.82) is 0 Å². The van der Waals surface area contributed by atoms with Gasteiger partial charge in [0.1, 0.15) is 5.82 Å². The first-order chi connectivity index (χ1) is 13.6. The van der Waals surface area contributed by atoms with Gasteiger partial charge < -0.3 is 5.11 Å². The van der Waals surface area contributed by atoms with Crippen molar-refractivity contribution < 1.29 is 9.50 Å². The van der Waals surface area contributed by atoms with E-state index in [1.54, 1.807) is 24.4 Å². The van der Waals surface area contributed by atoms with Crippen LogP contribution in [0.2, 0.25) is 0 Å². The number of unbranched alkanes of at least 4 members (excludes halogenated alkanes) is 1. The lowest BCUT2D eigenvalue weighted by molar-refractivity contribution is 0.182. The Hall–Kier alpha value is -2.78. The maximum atomic E-state index is 14.5. The molecule has 0 aliphatic heterocycles. The van der Waals surface area contributed by atoms with E-state index in [1.165, 1.54) is 0 Å². The van der Waals surface area contributed by atoms with E-state index in [0.717, 1.165) is 41.2 Å². The predicted molar refractivity (Wildman–Crippen MR) is 116 cm³/mol. The Morgan fingerprint density at radius 1 is 1.14 bits per heavy atom. The van der Waals surface area contributed by atoms with Gasteiger partial charge in [-0.05, 0) is 73.4 Å². The fourth-order valence-electron chi connectivity index (χ4n) is 3.22. The van der Waals surface area contributed by atoms with E-state index in [2.05, 4.69) is 35.8 Å². The molecule has 0 aliphatic carbocycles. The molecule has 2 aromatic carbocycles. The second kappa shape index (κ2) is 9.43. The quantitative estimate of drug-likeness (QED) is 0.368. The third kappa shape index (κ3) is 5.14. The molecule has 0 saturated carbocycles.